The number of benzene rings is 5. The highest BCUT2D eigenvalue weighted by Gasteiger charge is 2.55. The van der Waals surface area contributed by atoms with E-state index >= 15 is 0 Å². The highest BCUT2D eigenvalue weighted by Crippen LogP contribution is 2.60. The van der Waals surface area contributed by atoms with Gasteiger partial charge >= 0.3 is 0 Å². The third-order valence-corrected chi connectivity index (χ3v) is 7.44. The van der Waals surface area contributed by atoms with Crippen LogP contribution in [0.1, 0.15) is 39.8 Å². The second-order valence-corrected chi connectivity index (χ2v) is 9.00. The average Bonchev–Trinajstić information content (AvgIpc) is 3.24. The molecule has 0 N–H and O–H groups in total. The van der Waals surface area contributed by atoms with Gasteiger partial charge in [0.2, 0.25) is 0 Å². The Morgan fingerprint density at radius 2 is 0.545 bits per heavy atom. The summed E-state index contributed by atoms with van der Waals surface area (Å²) < 4.78 is 0. The molecule has 0 fully saturated rings. The van der Waals surface area contributed by atoms with Crippen LogP contribution in [0.25, 0.3) is 0 Å². The van der Waals surface area contributed by atoms with Crippen molar-refractivity contribution in [3.8, 4) is 0 Å². The van der Waals surface area contributed by atoms with E-state index in [0.29, 0.717) is 0 Å². The van der Waals surface area contributed by atoms with Crippen molar-refractivity contribution in [3.63, 3.8) is 0 Å². The maximum absolute atomic E-state index is 2.35. The third kappa shape index (κ3) is 2.91. The lowest BCUT2D eigenvalue weighted by atomic mass is 9.64. The first kappa shape index (κ1) is 19.8. The van der Waals surface area contributed by atoms with Gasteiger partial charge in [-0.1, -0.05) is 146 Å². The van der Waals surface area contributed by atoms with Crippen molar-refractivity contribution < 1.29 is 0 Å². The second-order valence-electron chi connectivity index (χ2n) is 9.00. The molecule has 5 aromatic rings. The van der Waals surface area contributed by atoms with Crippen LogP contribution in [-0.2, 0) is 10.8 Å². The molecule has 0 radical (unpaired) electrons. The van der Waals surface area contributed by atoms with Gasteiger partial charge in [-0.25, -0.2) is 0 Å². The lowest BCUT2D eigenvalue weighted by Gasteiger charge is -2.37. The molecule has 0 aromatic heterocycles. The molecule has 0 saturated carbocycles. The smallest absolute Gasteiger partial charge is 0.0469 e. The number of hydrogen-bond acceptors (Lipinski definition) is 0. The largest absolute Gasteiger partial charge is 0.0622 e. The van der Waals surface area contributed by atoms with E-state index in [1.807, 2.05) is 0 Å². The van der Waals surface area contributed by atoms with E-state index in [9.17, 15) is 0 Å². The van der Waals surface area contributed by atoms with E-state index in [2.05, 4.69) is 146 Å². The SMILES string of the molecule is c1ccc(C2(c3ccccc3)CC(c3ccccc3)(c3ccccc3)c3ccccc32)cc1. The van der Waals surface area contributed by atoms with Crippen LogP contribution in [0.15, 0.2) is 146 Å². The van der Waals surface area contributed by atoms with Crippen LogP contribution in [0, 0.1) is 0 Å². The van der Waals surface area contributed by atoms with Crippen molar-refractivity contribution in [2.75, 3.05) is 0 Å². The van der Waals surface area contributed by atoms with E-state index in [0.717, 1.165) is 6.42 Å². The Hall–Kier alpha value is -3.90. The first-order valence-corrected chi connectivity index (χ1v) is 11.7. The fourth-order valence-corrected chi connectivity index (χ4v) is 6.07. The molecule has 0 saturated heterocycles. The predicted octanol–water partition coefficient (Wildman–Crippen LogP) is 7.76. The summed E-state index contributed by atoms with van der Waals surface area (Å²) in [7, 11) is 0. The molecule has 0 nitrogen and oxygen atoms in total. The number of hydrogen-bond donors (Lipinski definition) is 0. The van der Waals surface area contributed by atoms with Crippen LogP contribution in [0.3, 0.4) is 0 Å². The molecule has 158 valence electrons. The van der Waals surface area contributed by atoms with Gasteiger partial charge in [-0.3, -0.25) is 0 Å². The molecule has 0 aliphatic heterocycles. The van der Waals surface area contributed by atoms with Gasteiger partial charge < -0.3 is 0 Å². The summed E-state index contributed by atoms with van der Waals surface area (Å²) in [6.45, 7) is 0. The minimum absolute atomic E-state index is 0.245. The zero-order valence-electron chi connectivity index (χ0n) is 18.6. The fourth-order valence-electron chi connectivity index (χ4n) is 6.07. The Bertz CT molecular complexity index is 1170. The molecule has 0 atom stereocenters. The van der Waals surface area contributed by atoms with Gasteiger partial charge in [0.05, 0.1) is 0 Å². The molecular formula is C33H26. The maximum atomic E-state index is 2.35. The molecule has 1 aliphatic carbocycles. The summed E-state index contributed by atoms with van der Waals surface area (Å²) in [6, 6.07) is 53.4. The molecule has 1 aliphatic rings. The molecule has 0 unspecified atom stereocenters. The first-order chi connectivity index (χ1) is 16.4. The van der Waals surface area contributed by atoms with E-state index in [-0.39, 0.29) is 10.8 Å². The highest BCUT2D eigenvalue weighted by atomic mass is 14.6. The van der Waals surface area contributed by atoms with Gasteiger partial charge in [0.25, 0.3) is 0 Å². The Labute approximate surface area is 196 Å². The van der Waals surface area contributed by atoms with Crippen LogP contribution < -0.4 is 0 Å². The summed E-state index contributed by atoms with van der Waals surface area (Å²) in [5.41, 5.74) is 7.69. The topological polar surface area (TPSA) is 0 Å². The van der Waals surface area contributed by atoms with E-state index in [4.69, 9.17) is 0 Å². The summed E-state index contributed by atoms with van der Waals surface area (Å²) in [6.07, 6.45) is 0.946. The van der Waals surface area contributed by atoms with E-state index in [1.54, 1.807) is 0 Å². The van der Waals surface area contributed by atoms with Crippen molar-refractivity contribution in [2.45, 2.75) is 17.3 Å². The van der Waals surface area contributed by atoms with E-state index < -0.39 is 0 Å². The standard InChI is InChI=1S/C33H26/c1-5-15-26(16-6-1)32(27-17-7-2-8-18-27)25-33(28-19-9-3-10-20-28,29-21-11-4-12-22-29)31-24-14-13-23-30(31)32/h1-24H,25H2. The van der Waals surface area contributed by atoms with Gasteiger partial charge in [0.15, 0.2) is 0 Å². The molecule has 0 heterocycles. The molecular weight excluding hydrogens is 396 g/mol. The Balaban J connectivity index is 1.75. The summed E-state index contributed by atoms with van der Waals surface area (Å²) in [4.78, 5) is 0. The van der Waals surface area contributed by atoms with Gasteiger partial charge in [-0.15, -0.1) is 0 Å². The van der Waals surface area contributed by atoms with Crippen LogP contribution in [0.2, 0.25) is 0 Å². The van der Waals surface area contributed by atoms with Crippen LogP contribution in [-0.4, -0.2) is 0 Å². The quantitative estimate of drug-likeness (QED) is 0.278. The maximum Gasteiger partial charge on any atom is 0.0469 e. The Morgan fingerprint density at radius 1 is 0.303 bits per heavy atom. The van der Waals surface area contributed by atoms with Gasteiger partial charge in [-0.05, 0) is 39.8 Å². The second kappa shape index (κ2) is 7.90. The summed E-state index contributed by atoms with van der Waals surface area (Å²) >= 11 is 0. The molecule has 33 heavy (non-hydrogen) atoms. The summed E-state index contributed by atoms with van der Waals surface area (Å²) in [5, 5.41) is 0. The average molecular weight is 423 g/mol. The van der Waals surface area contributed by atoms with Crippen molar-refractivity contribution in [1.29, 1.82) is 0 Å². The van der Waals surface area contributed by atoms with Crippen molar-refractivity contribution in [1.82, 2.24) is 0 Å². The molecule has 0 spiro atoms. The summed E-state index contributed by atoms with van der Waals surface area (Å²) in [5.74, 6) is 0. The van der Waals surface area contributed by atoms with Gasteiger partial charge in [-0.2, -0.15) is 0 Å². The minimum Gasteiger partial charge on any atom is -0.0622 e. The molecule has 5 aromatic carbocycles. The van der Waals surface area contributed by atoms with Crippen LogP contribution >= 0.6 is 0 Å². The first-order valence-electron chi connectivity index (χ1n) is 11.7. The number of rotatable bonds is 4. The monoisotopic (exact) mass is 422 g/mol. The zero-order chi connectivity index (χ0) is 22.1. The van der Waals surface area contributed by atoms with Crippen LogP contribution in [0.4, 0.5) is 0 Å². The normalized spacial score (nSPS) is 15.6. The molecule has 6 rings (SSSR count). The third-order valence-electron chi connectivity index (χ3n) is 7.44. The minimum atomic E-state index is -0.245. The number of fused-ring (bicyclic) bond motifs is 1. The fraction of sp³-hybridized carbons (Fsp3) is 0.0909. The van der Waals surface area contributed by atoms with Crippen LogP contribution in [0.5, 0.6) is 0 Å². The lowest BCUT2D eigenvalue weighted by molar-refractivity contribution is 0.499. The predicted molar refractivity (Wildman–Crippen MR) is 137 cm³/mol. The van der Waals surface area contributed by atoms with Gasteiger partial charge in [0.1, 0.15) is 0 Å². The van der Waals surface area contributed by atoms with Crippen molar-refractivity contribution in [3.05, 3.63) is 179 Å². The Morgan fingerprint density at radius 3 is 0.818 bits per heavy atom. The van der Waals surface area contributed by atoms with Crippen molar-refractivity contribution >= 4 is 0 Å². The van der Waals surface area contributed by atoms with Gasteiger partial charge in [0, 0.05) is 10.8 Å². The van der Waals surface area contributed by atoms with Crippen molar-refractivity contribution in [2.24, 2.45) is 0 Å². The lowest BCUT2D eigenvalue weighted by Crippen LogP contribution is -2.33. The zero-order valence-corrected chi connectivity index (χ0v) is 18.6. The molecule has 0 heteroatoms. The molecule has 0 amide bonds. The molecule has 0 bridgehead atoms. The Kier molecular flexibility index (Phi) is 4.73. The highest BCUT2D eigenvalue weighted by molar-refractivity contribution is 5.66. The van der Waals surface area contributed by atoms with E-state index in [1.165, 1.54) is 33.4 Å².